The summed E-state index contributed by atoms with van der Waals surface area (Å²) in [6, 6.07) is 2.11. The average Bonchev–Trinajstić information content (AvgIpc) is 3.23. The fourth-order valence-electron chi connectivity index (χ4n) is 5.10. The normalized spacial score (nSPS) is 17.2. The number of rotatable bonds is 13. The summed E-state index contributed by atoms with van der Waals surface area (Å²) in [5.74, 6) is 0. The van der Waals surface area contributed by atoms with Crippen LogP contribution in [-0.4, -0.2) is 101 Å². The van der Waals surface area contributed by atoms with Gasteiger partial charge in [0.25, 0.3) is 0 Å². The Morgan fingerprint density at radius 2 is 1.43 bits per heavy atom. The molecule has 1 fully saturated rings. The van der Waals surface area contributed by atoms with Crippen molar-refractivity contribution < 1.29 is 4.74 Å². The van der Waals surface area contributed by atoms with E-state index in [-0.39, 0.29) is 16.6 Å². The molecule has 1 aromatic rings. The van der Waals surface area contributed by atoms with Gasteiger partial charge in [-0.2, -0.15) is 5.10 Å². The number of aromatic nitrogens is 2. The van der Waals surface area contributed by atoms with Crippen molar-refractivity contribution >= 4 is 0 Å². The van der Waals surface area contributed by atoms with Crippen LogP contribution in [0.3, 0.4) is 0 Å². The first-order chi connectivity index (χ1) is 17.0. The fraction of sp³-hybridized carbons (Fsp3) is 0.900. The van der Waals surface area contributed by atoms with Crippen LogP contribution in [0.1, 0.15) is 88.3 Å². The van der Waals surface area contributed by atoms with E-state index in [0.717, 1.165) is 31.9 Å². The Balaban J connectivity index is 1.72. The molecule has 1 aliphatic rings. The largest absolute Gasteiger partial charge is 0.378 e. The van der Waals surface area contributed by atoms with Crippen LogP contribution < -0.4 is 5.32 Å². The molecule has 1 aromatic heterocycles. The van der Waals surface area contributed by atoms with Crippen LogP contribution in [0.15, 0.2) is 12.3 Å². The third-order valence-corrected chi connectivity index (χ3v) is 7.45. The van der Waals surface area contributed by atoms with Gasteiger partial charge in [0, 0.05) is 63.0 Å². The lowest BCUT2D eigenvalue weighted by Crippen LogP contribution is -2.63. The van der Waals surface area contributed by atoms with Gasteiger partial charge in [0.1, 0.15) is 0 Å². The van der Waals surface area contributed by atoms with Crippen molar-refractivity contribution in [3.05, 3.63) is 18.0 Å². The van der Waals surface area contributed by atoms with Crippen LogP contribution in [0.5, 0.6) is 0 Å². The second kappa shape index (κ2) is 13.4. The molecule has 0 atom stereocenters. The first-order valence-electron chi connectivity index (χ1n) is 14.6. The SMILES string of the molecule is CC(C)(C)CCN1CCN(CCN(C(C)(C)C)C(C)(C)NCCOCCn2ccc(C(C)(C)C)n2)CC1. The van der Waals surface area contributed by atoms with Crippen LogP contribution in [0, 0.1) is 5.41 Å². The van der Waals surface area contributed by atoms with Crippen molar-refractivity contribution in [2.45, 2.75) is 106 Å². The van der Waals surface area contributed by atoms with Crippen molar-refractivity contribution in [1.82, 2.24) is 29.8 Å². The quantitative estimate of drug-likeness (QED) is 0.301. The van der Waals surface area contributed by atoms with Gasteiger partial charge < -0.3 is 9.64 Å². The van der Waals surface area contributed by atoms with E-state index in [1.165, 1.54) is 39.1 Å². The monoisotopic (exact) mass is 520 g/mol. The summed E-state index contributed by atoms with van der Waals surface area (Å²) in [5.41, 5.74) is 1.60. The highest BCUT2D eigenvalue weighted by Crippen LogP contribution is 2.24. The van der Waals surface area contributed by atoms with Gasteiger partial charge in [-0.1, -0.05) is 41.5 Å². The Kier molecular flexibility index (Phi) is 11.7. The molecule has 0 bridgehead atoms. The topological polar surface area (TPSA) is 48.8 Å². The highest BCUT2D eigenvalue weighted by atomic mass is 16.5. The summed E-state index contributed by atoms with van der Waals surface area (Å²) in [6.45, 7) is 36.3. The van der Waals surface area contributed by atoms with Crippen LogP contribution in [0.25, 0.3) is 0 Å². The maximum Gasteiger partial charge on any atom is 0.0677 e. The standard InChI is InChI=1S/C30H60N6O/c1-27(2,3)13-16-33-17-19-34(20-18-33)21-22-36(29(7,8)9)30(10,11)31-14-24-37-25-23-35-15-12-26(32-35)28(4,5)6/h12,15,31H,13-14,16-25H2,1-11H3. The summed E-state index contributed by atoms with van der Waals surface area (Å²) < 4.78 is 7.93. The molecule has 0 amide bonds. The summed E-state index contributed by atoms with van der Waals surface area (Å²) >= 11 is 0. The Bertz CT molecular complexity index is 775. The summed E-state index contributed by atoms with van der Waals surface area (Å²) in [5, 5.41) is 8.44. The van der Waals surface area contributed by atoms with Crippen LogP contribution in [0.4, 0.5) is 0 Å². The average molecular weight is 521 g/mol. The van der Waals surface area contributed by atoms with Gasteiger partial charge >= 0.3 is 0 Å². The zero-order valence-corrected chi connectivity index (χ0v) is 26.3. The van der Waals surface area contributed by atoms with Gasteiger partial charge in [-0.25, -0.2) is 0 Å². The molecule has 7 nitrogen and oxygen atoms in total. The van der Waals surface area contributed by atoms with Crippen molar-refractivity contribution in [2.24, 2.45) is 5.41 Å². The second-order valence-electron chi connectivity index (χ2n) is 14.6. The van der Waals surface area contributed by atoms with Crippen molar-refractivity contribution in [3.8, 4) is 0 Å². The lowest BCUT2D eigenvalue weighted by molar-refractivity contribution is -0.0112. The second-order valence-corrected chi connectivity index (χ2v) is 14.6. The molecule has 2 rings (SSSR count). The first kappa shape index (κ1) is 32.2. The summed E-state index contributed by atoms with van der Waals surface area (Å²) in [6.07, 6.45) is 3.33. The molecule has 1 saturated heterocycles. The third kappa shape index (κ3) is 11.7. The molecule has 1 N–H and O–H groups in total. The molecule has 0 aliphatic carbocycles. The molecule has 0 radical (unpaired) electrons. The van der Waals surface area contributed by atoms with Crippen molar-refractivity contribution in [2.75, 3.05) is 65.6 Å². The molecule has 216 valence electrons. The number of nitrogens with zero attached hydrogens (tertiary/aromatic N) is 5. The smallest absolute Gasteiger partial charge is 0.0677 e. The number of piperazine rings is 1. The summed E-state index contributed by atoms with van der Waals surface area (Å²) in [7, 11) is 0. The maximum absolute atomic E-state index is 5.94. The van der Waals surface area contributed by atoms with E-state index < -0.39 is 0 Å². The molecule has 0 saturated carbocycles. The van der Waals surface area contributed by atoms with Crippen LogP contribution in [-0.2, 0) is 16.7 Å². The van der Waals surface area contributed by atoms with Crippen molar-refractivity contribution in [3.63, 3.8) is 0 Å². The Hall–Kier alpha value is -0.990. The van der Waals surface area contributed by atoms with Gasteiger partial charge in [0.05, 0.1) is 31.1 Å². The minimum atomic E-state index is -0.111. The third-order valence-electron chi connectivity index (χ3n) is 7.45. The molecular formula is C30H60N6O. The van der Waals surface area contributed by atoms with Gasteiger partial charge in [-0.05, 0) is 59.1 Å². The fourth-order valence-corrected chi connectivity index (χ4v) is 5.10. The Morgan fingerprint density at radius 1 is 0.838 bits per heavy atom. The van der Waals surface area contributed by atoms with Gasteiger partial charge in [0.15, 0.2) is 0 Å². The highest BCUT2D eigenvalue weighted by molar-refractivity contribution is 5.10. The molecule has 1 aliphatic heterocycles. The van der Waals surface area contributed by atoms with E-state index in [0.29, 0.717) is 18.6 Å². The van der Waals surface area contributed by atoms with Crippen LogP contribution >= 0.6 is 0 Å². The molecular weight excluding hydrogens is 460 g/mol. The Labute approximate surface area is 229 Å². The van der Waals surface area contributed by atoms with E-state index in [2.05, 4.69) is 114 Å². The van der Waals surface area contributed by atoms with Crippen LogP contribution in [0.2, 0.25) is 0 Å². The van der Waals surface area contributed by atoms with E-state index in [1.807, 2.05) is 4.68 Å². The highest BCUT2D eigenvalue weighted by Gasteiger charge is 2.34. The molecule has 0 spiro atoms. The molecule has 2 heterocycles. The van der Waals surface area contributed by atoms with E-state index in [1.54, 1.807) is 0 Å². The molecule has 0 unspecified atom stereocenters. The molecule has 7 heteroatoms. The zero-order valence-electron chi connectivity index (χ0n) is 26.3. The minimum absolute atomic E-state index is 0.0801. The zero-order chi connectivity index (χ0) is 27.9. The number of hydrogen-bond donors (Lipinski definition) is 1. The van der Waals surface area contributed by atoms with E-state index in [4.69, 9.17) is 4.74 Å². The number of hydrogen-bond acceptors (Lipinski definition) is 6. The van der Waals surface area contributed by atoms with Crippen molar-refractivity contribution in [1.29, 1.82) is 0 Å². The molecule has 0 aromatic carbocycles. The maximum atomic E-state index is 5.94. The predicted octanol–water partition coefficient (Wildman–Crippen LogP) is 4.68. The number of nitrogens with one attached hydrogen (secondary N) is 1. The summed E-state index contributed by atoms with van der Waals surface area (Å²) in [4.78, 5) is 7.90. The minimum Gasteiger partial charge on any atom is -0.378 e. The van der Waals surface area contributed by atoms with E-state index >= 15 is 0 Å². The van der Waals surface area contributed by atoms with Gasteiger partial charge in [0.2, 0.25) is 0 Å². The van der Waals surface area contributed by atoms with E-state index in [9.17, 15) is 0 Å². The molecule has 37 heavy (non-hydrogen) atoms. The van der Waals surface area contributed by atoms with Gasteiger partial charge in [-0.15, -0.1) is 0 Å². The predicted molar refractivity (Wildman–Crippen MR) is 157 cm³/mol. The lowest BCUT2D eigenvalue weighted by Gasteiger charge is -2.48. The number of ether oxygens (including phenoxy) is 1. The lowest BCUT2D eigenvalue weighted by atomic mass is 9.92. The Morgan fingerprint density at radius 3 is 1.95 bits per heavy atom. The first-order valence-corrected chi connectivity index (χ1v) is 14.6. The van der Waals surface area contributed by atoms with Gasteiger partial charge in [-0.3, -0.25) is 19.8 Å².